The first-order valence-electron chi connectivity index (χ1n) is 7.77. The molecule has 0 atom stereocenters. The second-order valence-corrected chi connectivity index (χ2v) is 6.66. The van der Waals surface area contributed by atoms with Crippen LogP contribution in [0.2, 0.25) is 0 Å². The molecule has 5 heteroatoms. The number of ether oxygens (including phenoxy) is 2. The molecule has 2 aromatic heterocycles. The summed E-state index contributed by atoms with van der Waals surface area (Å²) in [6, 6.07) is 7.71. The Morgan fingerprint density at radius 2 is 1.92 bits per heavy atom. The second-order valence-electron chi connectivity index (χ2n) is 5.46. The zero-order valence-corrected chi connectivity index (χ0v) is 15.0. The number of carbonyl (C=O) groups excluding carboxylic acids is 1. The highest BCUT2D eigenvalue weighted by Gasteiger charge is 2.21. The summed E-state index contributed by atoms with van der Waals surface area (Å²) in [6.45, 7) is 6.28. The van der Waals surface area contributed by atoms with E-state index in [1.165, 1.54) is 4.88 Å². The van der Waals surface area contributed by atoms with Crippen LogP contribution in [0.1, 0.15) is 27.7 Å². The molecule has 0 unspecified atom stereocenters. The molecule has 124 valence electrons. The number of hydrogen-bond acceptors (Lipinski definition) is 5. The SMILES string of the molecule is CCOC(=O)c1cnc2sc(C)c(C)c2c1-c1ccc(OC)cc1. The number of rotatable bonds is 4. The highest BCUT2D eigenvalue weighted by molar-refractivity contribution is 7.18. The van der Waals surface area contributed by atoms with Crippen LogP contribution < -0.4 is 4.74 Å². The number of carbonyl (C=O) groups is 1. The van der Waals surface area contributed by atoms with Crippen LogP contribution in [-0.2, 0) is 4.74 Å². The molecule has 0 radical (unpaired) electrons. The number of hydrogen-bond donors (Lipinski definition) is 0. The maximum Gasteiger partial charge on any atom is 0.340 e. The van der Waals surface area contributed by atoms with E-state index in [9.17, 15) is 4.79 Å². The summed E-state index contributed by atoms with van der Waals surface area (Å²) in [5, 5.41) is 1.02. The van der Waals surface area contributed by atoms with Crippen molar-refractivity contribution < 1.29 is 14.3 Å². The third-order valence-electron chi connectivity index (χ3n) is 4.07. The zero-order chi connectivity index (χ0) is 17.3. The molecule has 0 spiro atoms. The molecule has 4 nitrogen and oxygen atoms in total. The molecule has 0 amide bonds. The van der Waals surface area contributed by atoms with E-state index in [-0.39, 0.29) is 5.97 Å². The normalized spacial score (nSPS) is 10.8. The third kappa shape index (κ3) is 2.76. The zero-order valence-electron chi connectivity index (χ0n) is 14.2. The molecule has 0 bridgehead atoms. The van der Waals surface area contributed by atoms with Crippen molar-refractivity contribution >= 4 is 27.5 Å². The highest BCUT2D eigenvalue weighted by Crippen LogP contribution is 2.39. The number of benzene rings is 1. The van der Waals surface area contributed by atoms with Gasteiger partial charge in [-0.05, 0) is 44.0 Å². The Balaban J connectivity index is 2.31. The molecule has 1 aromatic carbocycles. The van der Waals surface area contributed by atoms with E-state index in [1.807, 2.05) is 24.3 Å². The maximum absolute atomic E-state index is 12.4. The number of aryl methyl sites for hydroxylation is 2. The Kier molecular flexibility index (Phi) is 4.53. The molecular weight excluding hydrogens is 322 g/mol. The average Bonchev–Trinajstić information content (AvgIpc) is 2.89. The summed E-state index contributed by atoms with van der Waals surface area (Å²) in [5.41, 5.74) is 3.48. The molecule has 0 fully saturated rings. The molecule has 0 saturated carbocycles. The van der Waals surface area contributed by atoms with Crippen molar-refractivity contribution in [3.05, 3.63) is 46.5 Å². The number of thiophene rings is 1. The molecule has 3 aromatic rings. The predicted octanol–water partition coefficient (Wildman–Crippen LogP) is 4.77. The lowest BCUT2D eigenvalue weighted by Gasteiger charge is -2.12. The minimum absolute atomic E-state index is 0.334. The van der Waals surface area contributed by atoms with Crippen molar-refractivity contribution in [3.8, 4) is 16.9 Å². The Bertz CT molecular complexity index is 897. The van der Waals surface area contributed by atoms with Gasteiger partial charge >= 0.3 is 5.97 Å². The summed E-state index contributed by atoms with van der Waals surface area (Å²) in [6.07, 6.45) is 1.62. The first-order valence-corrected chi connectivity index (χ1v) is 8.58. The molecule has 2 heterocycles. The van der Waals surface area contributed by atoms with E-state index in [2.05, 4.69) is 18.8 Å². The van der Waals surface area contributed by atoms with Gasteiger partial charge in [-0.3, -0.25) is 0 Å². The largest absolute Gasteiger partial charge is 0.497 e. The standard InChI is InChI=1S/C19H19NO3S/c1-5-23-19(21)15-10-20-18-16(11(2)12(3)24-18)17(15)13-6-8-14(22-4)9-7-13/h6-10H,5H2,1-4H3. The van der Waals surface area contributed by atoms with Gasteiger partial charge in [-0.25, -0.2) is 9.78 Å². The molecule has 24 heavy (non-hydrogen) atoms. The van der Waals surface area contributed by atoms with Crippen LogP contribution in [0.3, 0.4) is 0 Å². The second kappa shape index (κ2) is 6.61. The molecule has 0 N–H and O–H groups in total. The van der Waals surface area contributed by atoms with Crippen LogP contribution >= 0.6 is 11.3 Å². The van der Waals surface area contributed by atoms with E-state index in [0.717, 1.165) is 32.7 Å². The number of nitrogens with zero attached hydrogens (tertiary/aromatic N) is 1. The molecule has 3 rings (SSSR count). The number of methoxy groups -OCH3 is 1. The molecule has 0 aliphatic rings. The van der Waals surface area contributed by atoms with Crippen molar-refractivity contribution in [3.63, 3.8) is 0 Å². The monoisotopic (exact) mass is 341 g/mol. The summed E-state index contributed by atoms with van der Waals surface area (Å²) >= 11 is 1.64. The summed E-state index contributed by atoms with van der Waals surface area (Å²) in [4.78, 5) is 19.1. The topological polar surface area (TPSA) is 48.4 Å². The first kappa shape index (κ1) is 16.5. The van der Waals surface area contributed by atoms with Crippen LogP contribution in [-0.4, -0.2) is 24.7 Å². The van der Waals surface area contributed by atoms with E-state index < -0.39 is 0 Å². The van der Waals surface area contributed by atoms with E-state index in [1.54, 1.807) is 31.6 Å². The van der Waals surface area contributed by atoms with Gasteiger partial charge in [0.2, 0.25) is 0 Å². The van der Waals surface area contributed by atoms with Crippen molar-refractivity contribution in [2.24, 2.45) is 0 Å². The Labute approximate surface area is 145 Å². The van der Waals surface area contributed by atoms with Crippen LogP contribution in [0.5, 0.6) is 5.75 Å². The van der Waals surface area contributed by atoms with E-state index >= 15 is 0 Å². The fourth-order valence-electron chi connectivity index (χ4n) is 2.74. The summed E-state index contributed by atoms with van der Waals surface area (Å²) < 4.78 is 10.5. The van der Waals surface area contributed by atoms with Crippen molar-refractivity contribution in [2.45, 2.75) is 20.8 Å². The quantitative estimate of drug-likeness (QED) is 0.642. The predicted molar refractivity (Wildman–Crippen MR) is 97.0 cm³/mol. The van der Waals surface area contributed by atoms with Crippen molar-refractivity contribution in [2.75, 3.05) is 13.7 Å². The number of aromatic nitrogens is 1. The Morgan fingerprint density at radius 3 is 2.54 bits per heavy atom. The van der Waals surface area contributed by atoms with Crippen molar-refractivity contribution in [1.29, 1.82) is 0 Å². The fraction of sp³-hybridized carbons (Fsp3) is 0.263. The van der Waals surface area contributed by atoms with Gasteiger partial charge in [0.15, 0.2) is 0 Å². The van der Waals surface area contributed by atoms with Gasteiger partial charge in [0, 0.05) is 22.0 Å². The fourth-order valence-corrected chi connectivity index (χ4v) is 3.75. The lowest BCUT2D eigenvalue weighted by Crippen LogP contribution is -2.07. The van der Waals surface area contributed by atoms with E-state index in [0.29, 0.717) is 12.2 Å². The number of esters is 1. The van der Waals surface area contributed by atoms with Crippen LogP contribution in [0, 0.1) is 13.8 Å². The van der Waals surface area contributed by atoms with Gasteiger partial charge in [-0.1, -0.05) is 12.1 Å². The summed E-state index contributed by atoms with van der Waals surface area (Å²) in [7, 11) is 1.63. The lowest BCUT2D eigenvalue weighted by molar-refractivity contribution is 0.0527. The molecular formula is C19H19NO3S. The average molecular weight is 341 g/mol. The van der Waals surface area contributed by atoms with Crippen LogP contribution in [0.25, 0.3) is 21.3 Å². The van der Waals surface area contributed by atoms with E-state index in [4.69, 9.17) is 9.47 Å². The van der Waals surface area contributed by atoms with Gasteiger partial charge in [-0.15, -0.1) is 11.3 Å². The number of fused-ring (bicyclic) bond motifs is 1. The van der Waals surface area contributed by atoms with Gasteiger partial charge < -0.3 is 9.47 Å². The minimum Gasteiger partial charge on any atom is -0.497 e. The molecule has 0 aliphatic heterocycles. The van der Waals surface area contributed by atoms with Gasteiger partial charge in [0.25, 0.3) is 0 Å². The van der Waals surface area contributed by atoms with Crippen molar-refractivity contribution in [1.82, 2.24) is 4.98 Å². The van der Waals surface area contributed by atoms with Gasteiger partial charge in [-0.2, -0.15) is 0 Å². The van der Waals surface area contributed by atoms with Gasteiger partial charge in [0.1, 0.15) is 10.6 Å². The highest BCUT2D eigenvalue weighted by atomic mass is 32.1. The van der Waals surface area contributed by atoms with Crippen LogP contribution in [0.15, 0.2) is 30.5 Å². The first-order chi connectivity index (χ1) is 11.6. The molecule has 0 saturated heterocycles. The lowest BCUT2D eigenvalue weighted by atomic mass is 9.96. The maximum atomic E-state index is 12.4. The third-order valence-corrected chi connectivity index (χ3v) is 5.19. The minimum atomic E-state index is -0.346. The van der Waals surface area contributed by atoms with Gasteiger partial charge in [0.05, 0.1) is 19.3 Å². The number of pyridine rings is 1. The smallest absolute Gasteiger partial charge is 0.340 e. The summed E-state index contributed by atoms with van der Waals surface area (Å²) in [5.74, 6) is 0.431. The Hall–Kier alpha value is -2.40. The molecule has 0 aliphatic carbocycles. The Morgan fingerprint density at radius 1 is 1.21 bits per heavy atom. The van der Waals surface area contributed by atoms with Crippen LogP contribution in [0.4, 0.5) is 0 Å².